The molecule has 0 unspecified atom stereocenters. The van der Waals surface area contributed by atoms with Crippen LogP contribution in [0.3, 0.4) is 0 Å². The number of H-pyrrole nitrogens is 1. The van der Waals surface area contributed by atoms with Gasteiger partial charge in [-0.2, -0.15) is 0 Å². The molecule has 0 aliphatic carbocycles. The van der Waals surface area contributed by atoms with E-state index in [0.29, 0.717) is 26.2 Å². The van der Waals surface area contributed by atoms with E-state index in [1.807, 2.05) is 12.1 Å². The van der Waals surface area contributed by atoms with E-state index >= 15 is 0 Å². The lowest BCUT2D eigenvalue weighted by molar-refractivity contribution is 1.04. The fourth-order valence-electron chi connectivity index (χ4n) is 1.85. The number of hydrogen-bond acceptors (Lipinski definition) is 2. The van der Waals surface area contributed by atoms with E-state index < -0.39 is 0 Å². The molecule has 90 valence electrons. The normalized spacial score (nSPS) is 11.0. The summed E-state index contributed by atoms with van der Waals surface area (Å²) in [7, 11) is 0. The summed E-state index contributed by atoms with van der Waals surface area (Å²) in [5.41, 5.74) is 2.20. The Morgan fingerprint density at radius 2 is 1.83 bits per heavy atom. The first kappa shape index (κ1) is 11.7. The van der Waals surface area contributed by atoms with Crippen molar-refractivity contribution in [2.75, 3.05) is 0 Å². The molecule has 0 spiro atoms. The van der Waals surface area contributed by atoms with Crippen molar-refractivity contribution in [3.63, 3.8) is 0 Å². The largest absolute Gasteiger partial charge is 0.329 e. The van der Waals surface area contributed by atoms with Crippen molar-refractivity contribution in [3.05, 3.63) is 51.3 Å². The number of imidazole rings is 1. The Labute approximate surface area is 118 Å². The summed E-state index contributed by atoms with van der Waals surface area (Å²) in [5, 5.41) is 1.07. The maximum absolute atomic E-state index is 6.20. The smallest absolute Gasteiger partial charge is 0.184 e. The van der Waals surface area contributed by atoms with E-state index in [0.717, 1.165) is 5.52 Å². The highest BCUT2D eigenvalue weighted by Gasteiger charge is 2.13. The van der Waals surface area contributed by atoms with E-state index in [1.54, 1.807) is 29.0 Å². The molecule has 2 aromatic heterocycles. The number of benzene rings is 1. The second kappa shape index (κ2) is 4.39. The van der Waals surface area contributed by atoms with Crippen molar-refractivity contribution in [2.45, 2.75) is 0 Å². The van der Waals surface area contributed by atoms with Crippen molar-refractivity contribution in [2.24, 2.45) is 0 Å². The van der Waals surface area contributed by atoms with E-state index in [2.05, 4.69) is 9.97 Å². The molecule has 3 nitrogen and oxygen atoms in total. The molecule has 0 saturated heterocycles. The van der Waals surface area contributed by atoms with Crippen LogP contribution >= 0.6 is 35.4 Å². The van der Waals surface area contributed by atoms with Crippen LogP contribution in [0.4, 0.5) is 0 Å². The van der Waals surface area contributed by atoms with Crippen molar-refractivity contribution < 1.29 is 0 Å². The zero-order valence-electron chi connectivity index (χ0n) is 9.02. The van der Waals surface area contributed by atoms with Crippen LogP contribution in [0.1, 0.15) is 0 Å². The summed E-state index contributed by atoms with van der Waals surface area (Å²) in [6.45, 7) is 0. The van der Waals surface area contributed by atoms with E-state index in [-0.39, 0.29) is 0 Å². The molecule has 3 rings (SSSR count). The molecule has 0 saturated carbocycles. The summed E-state index contributed by atoms with van der Waals surface area (Å²) in [4.78, 5) is 7.39. The van der Waals surface area contributed by atoms with Crippen LogP contribution in [0, 0.1) is 4.77 Å². The van der Waals surface area contributed by atoms with Crippen LogP contribution in [0.2, 0.25) is 10.0 Å². The minimum Gasteiger partial charge on any atom is -0.329 e. The number of nitrogens with one attached hydrogen (secondary N) is 1. The molecule has 18 heavy (non-hydrogen) atoms. The fraction of sp³-hybridized carbons (Fsp3) is 0. The van der Waals surface area contributed by atoms with E-state index in [4.69, 9.17) is 35.4 Å². The predicted octanol–water partition coefficient (Wildman–Crippen LogP) is 4.39. The van der Waals surface area contributed by atoms with Crippen LogP contribution in [0.5, 0.6) is 0 Å². The fourth-order valence-corrected chi connectivity index (χ4v) is 2.70. The molecule has 0 bridgehead atoms. The van der Waals surface area contributed by atoms with Crippen LogP contribution in [-0.2, 0) is 0 Å². The first-order chi connectivity index (χ1) is 8.68. The topological polar surface area (TPSA) is 33.6 Å². The molecule has 6 heteroatoms. The lowest BCUT2D eigenvalue weighted by Gasteiger charge is -2.08. The number of halogens is 2. The monoisotopic (exact) mass is 295 g/mol. The molecule has 1 aromatic carbocycles. The van der Waals surface area contributed by atoms with Crippen LogP contribution in [0.25, 0.3) is 16.9 Å². The summed E-state index contributed by atoms with van der Waals surface area (Å²) in [5.74, 6) is 0. The van der Waals surface area contributed by atoms with Gasteiger partial charge in [0.2, 0.25) is 0 Å². The molecule has 3 aromatic rings. The highest BCUT2D eigenvalue weighted by Crippen LogP contribution is 2.30. The molecule has 0 radical (unpaired) electrons. The zero-order valence-corrected chi connectivity index (χ0v) is 11.4. The van der Waals surface area contributed by atoms with Gasteiger partial charge >= 0.3 is 0 Å². The van der Waals surface area contributed by atoms with E-state index in [1.165, 1.54) is 0 Å². The molecule has 0 aliphatic rings. The number of fused-ring (bicyclic) bond motifs is 1. The van der Waals surface area contributed by atoms with Gasteiger partial charge in [0.15, 0.2) is 10.4 Å². The number of pyridine rings is 1. The number of nitrogens with zero attached hydrogens (tertiary/aromatic N) is 2. The standard InChI is InChI=1S/C12H7Cl2N3S/c13-7-3-1-4-8(14)10(7)17-11-9(16-12(17)18)5-2-6-15-11/h1-6H,(H,16,18). The molecular weight excluding hydrogens is 289 g/mol. The van der Waals surface area contributed by atoms with Gasteiger partial charge < -0.3 is 4.98 Å². The minimum atomic E-state index is 0.513. The maximum Gasteiger partial charge on any atom is 0.184 e. The Morgan fingerprint density at radius 1 is 1.11 bits per heavy atom. The van der Waals surface area contributed by atoms with Gasteiger partial charge in [-0.15, -0.1) is 0 Å². The summed E-state index contributed by atoms with van der Waals surface area (Å²) < 4.78 is 2.26. The van der Waals surface area contributed by atoms with Gasteiger partial charge in [0.05, 0.1) is 21.2 Å². The number of para-hydroxylation sites is 1. The number of hydrogen-bond donors (Lipinski definition) is 1. The number of rotatable bonds is 1. The molecule has 1 N–H and O–H groups in total. The summed E-state index contributed by atoms with van der Waals surface area (Å²) in [6, 6.07) is 9.07. The molecule has 0 atom stereocenters. The van der Waals surface area contributed by atoms with Gasteiger partial charge in [0.25, 0.3) is 0 Å². The molecule has 0 fully saturated rings. The van der Waals surface area contributed by atoms with Crippen molar-refractivity contribution in [3.8, 4) is 5.69 Å². The second-order valence-corrected chi connectivity index (χ2v) is 4.91. The zero-order chi connectivity index (χ0) is 12.7. The minimum absolute atomic E-state index is 0.513. The molecule has 2 heterocycles. The Morgan fingerprint density at radius 3 is 2.56 bits per heavy atom. The third-order valence-corrected chi connectivity index (χ3v) is 3.50. The quantitative estimate of drug-likeness (QED) is 0.676. The number of aromatic amines is 1. The SMILES string of the molecule is S=c1[nH]c2cccnc2n1-c1c(Cl)cccc1Cl. The maximum atomic E-state index is 6.20. The summed E-state index contributed by atoms with van der Waals surface area (Å²) >= 11 is 17.7. The van der Waals surface area contributed by atoms with Crippen LogP contribution in [0.15, 0.2) is 36.5 Å². The number of aromatic nitrogens is 3. The van der Waals surface area contributed by atoms with Crippen LogP contribution in [-0.4, -0.2) is 14.5 Å². The summed E-state index contributed by atoms with van der Waals surface area (Å²) in [6.07, 6.45) is 1.70. The Balaban J connectivity index is 2.46. The van der Waals surface area contributed by atoms with Crippen molar-refractivity contribution in [1.29, 1.82) is 0 Å². The molecule has 0 amide bonds. The van der Waals surface area contributed by atoms with Crippen LogP contribution < -0.4 is 0 Å². The third kappa shape index (κ3) is 1.73. The first-order valence-corrected chi connectivity index (χ1v) is 6.35. The highest BCUT2D eigenvalue weighted by atomic mass is 35.5. The predicted molar refractivity (Wildman–Crippen MR) is 76.3 cm³/mol. The van der Waals surface area contributed by atoms with Crippen molar-refractivity contribution >= 4 is 46.6 Å². The first-order valence-electron chi connectivity index (χ1n) is 5.18. The highest BCUT2D eigenvalue weighted by molar-refractivity contribution is 7.71. The lowest BCUT2D eigenvalue weighted by atomic mass is 10.3. The van der Waals surface area contributed by atoms with E-state index in [9.17, 15) is 0 Å². The Hall–Kier alpha value is -1.36. The van der Waals surface area contributed by atoms with Crippen molar-refractivity contribution in [1.82, 2.24) is 14.5 Å². The van der Waals surface area contributed by atoms with Gasteiger partial charge in [-0.05, 0) is 36.5 Å². The van der Waals surface area contributed by atoms with Gasteiger partial charge in [-0.1, -0.05) is 29.3 Å². The Bertz CT molecular complexity index is 771. The Kier molecular flexibility index (Phi) is 2.86. The molecular formula is C12H7Cl2N3S. The van der Waals surface area contributed by atoms with Gasteiger partial charge in [-0.3, -0.25) is 4.57 Å². The second-order valence-electron chi connectivity index (χ2n) is 3.71. The third-order valence-electron chi connectivity index (χ3n) is 2.60. The lowest BCUT2D eigenvalue weighted by Crippen LogP contribution is -1.97. The average molecular weight is 296 g/mol. The van der Waals surface area contributed by atoms with Gasteiger partial charge in [-0.25, -0.2) is 4.98 Å². The average Bonchev–Trinajstić information content (AvgIpc) is 2.66. The molecule has 0 aliphatic heterocycles. The van der Waals surface area contributed by atoms with Gasteiger partial charge in [0.1, 0.15) is 0 Å². The van der Waals surface area contributed by atoms with Gasteiger partial charge in [0, 0.05) is 6.20 Å².